The number of benzene rings is 1. The van der Waals surface area contributed by atoms with Crippen LogP contribution in [-0.2, 0) is 7.05 Å². The van der Waals surface area contributed by atoms with E-state index in [4.69, 9.17) is 5.26 Å². The van der Waals surface area contributed by atoms with E-state index in [-0.39, 0.29) is 5.75 Å². The minimum atomic E-state index is -4.72. The second-order valence-corrected chi connectivity index (χ2v) is 4.24. The fourth-order valence-corrected chi connectivity index (χ4v) is 1.81. The molecule has 110 valence electrons. The number of ether oxygens (including phenoxy) is 1. The second-order valence-electron chi connectivity index (χ2n) is 4.24. The summed E-state index contributed by atoms with van der Waals surface area (Å²) in [5, 5.41) is 16.1. The van der Waals surface area contributed by atoms with Gasteiger partial charge < -0.3 is 10.1 Å². The molecule has 21 heavy (non-hydrogen) atoms. The Labute approximate surface area is 118 Å². The minimum Gasteiger partial charge on any atom is -0.406 e. The number of nitrogens with zero attached hydrogens (tertiary/aromatic N) is 3. The quantitative estimate of drug-likeness (QED) is 0.944. The van der Waals surface area contributed by atoms with Crippen molar-refractivity contribution in [3.8, 4) is 11.8 Å². The monoisotopic (exact) mass is 296 g/mol. The van der Waals surface area contributed by atoms with Gasteiger partial charge in [0.25, 0.3) is 0 Å². The van der Waals surface area contributed by atoms with E-state index in [0.29, 0.717) is 22.8 Å². The molecule has 0 saturated heterocycles. The van der Waals surface area contributed by atoms with E-state index in [1.165, 1.54) is 28.9 Å². The van der Waals surface area contributed by atoms with Gasteiger partial charge >= 0.3 is 6.36 Å². The molecule has 0 aliphatic heterocycles. The lowest BCUT2D eigenvalue weighted by atomic mass is 10.2. The maximum atomic E-state index is 12.1. The highest BCUT2D eigenvalue weighted by molar-refractivity contribution is 5.64. The third-order valence-corrected chi connectivity index (χ3v) is 2.68. The molecule has 0 unspecified atom stereocenters. The fourth-order valence-electron chi connectivity index (χ4n) is 1.81. The summed E-state index contributed by atoms with van der Waals surface area (Å²) in [6.07, 6.45) is -4.72. The summed E-state index contributed by atoms with van der Waals surface area (Å²) in [5.41, 5.74) is 1.47. The van der Waals surface area contributed by atoms with Gasteiger partial charge in [-0.3, -0.25) is 4.68 Å². The van der Waals surface area contributed by atoms with Gasteiger partial charge in [-0.15, -0.1) is 13.2 Å². The molecule has 0 aliphatic rings. The van der Waals surface area contributed by atoms with E-state index >= 15 is 0 Å². The molecular weight excluding hydrogens is 285 g/mol. The fraction of sp³-hybridized carbons (Fsp3) is 0.231. The van der Waals surface area contributed by atoms with Crippen molar-refractivity contribution in [3.05, 3.63) is 35.5 Å². The highest BCUT2D eigenvalue weighted by atomic mass is 19.4. The summed E-state index contributed by atoms with van der Waals surface area (Å²) in [5.74, 6) is 0.161. The van der Waals surface area contributed by atoms with Gasteiger partial charge in [0, 0.05) is 12.7 Å². The van der Waals surface area contributed by atoms with Crippen LogP contribution in [0.5, 0.6) is 5.75 Å². The molecule has 1 heterocycles. The molecule has 0 aliphatic carbocycles. The first-order valence-corrected chi connectivity index (χ1v) is 5.86. The summed E-state index contributed by atoms with van der Waals surface area (Å²) in [7, 11) is 1.66. The Bertz CT molecular complexity index is 683. The molecule has 0 spiro atoms. The van der Waals surface area contributed by atoms with Crippen LogP contribution in [0.3, 0.4) is 0 Å². The average molecular weight is 296 g/mol. The highest BCUT2D eigenvalue weighted by Gasteiger charge is 2.30. The summed E-state index contributed by atoms with van der Waals surface area (Å²) in [4.78, 5) is 0. The SMILES string of the molecule is Cc1nn(C)c(Nc2ccc(OC(F)(F)F)cc2)c1C#N. The smallest absolute Gasteiger partial charge is 0.406 e. The standard InChI is InChI=1S/C13H11F3N4O/c1-8-11(7-17)12(20(2)19-8)18-9-3-5-10(6-4-9)21-13(14,15)16/h3-6,18H,1-2H3. The predicted molar refractivity (Wildman–Crippen MR) is 69.1 cm³/mol. The van der Waals surface area contributed by atoms with Crippen LogP contribution in [0.1, 0.15) is 11.3 Å². The molecule has 2 aromatic rings. The third-order valence-electron chi connectivity index (χ3n) is 2.68. The second kappa shape index (κ2) is 5.36. The van der Waals surface area contributed by atoms with Gasteiger partial charge in [0.05, 0.1) is 5.69 Å². The normalized spacial score (nSPS) is 11.0. The number of halogens is 3. The Kier molecular flexibility index (Phi) is 3.76. The van der Waals surface area contributed by atoms with Gasteiger partial charge in [-0.25, -0.2) is 0 Å². The zero-order valence-corrected chi connectivity index (χ0v) is 11.2. The largest absolute Gasteiger partial charge is 0.573 e. The lowest BCUT2D eigenvalue weighted by molar-refractivity contribution is -0.274. The van der Waals surface area contributed by atoms with E-state index in [0.717, 1.165) is 0 Å². The lowest BCUT2D eigenvalue weighted by Gasteiger charge is -2.10. The zero-order chi connectivity index (χ0) is 15.6. The van der Waals surface area contributed by atoms with Crippen molar-refractivity contribution in [2.45, 2.75) is 13.3 Å². The van der Waals surface area contributed by atoms with E-state index in [1.54, 1.807) is 14.0 Å². The number of alkyl halides is 3. The topological polar surface area (TPSA) is 62.9 Å². The molecular formula is C13H11F3N4O. The number of aryl methyl sites for hydroxylation is 2. The molecule has 2 rings (SSSR count). The number of anilines is 2. The molecule has 5 nitrogen and oxygen atoms in total. The molecule has 8 heteroatoms. The van der Waals surface area contributed by atoms with Crippen LogP contribution in [0, 0.1) is 18.3 Å². The molecule has 1 aromatic carbocycles. The number of hydrogen-bond donors (Lipinski definition) is 1. The van der Waals surface area contributed by atoms with Crippen molar-refractivity contribution in [2.75, 3.05) is 5.32 Å². The predicted octanol–water partition coefficient (Wildman–Crippen LogP) is 3.24. The molecule has 0 fully saturated rings. The summed E-state index contributed by atoms with van der Waals surface area (Å²) in [6.45, 7) is 1.70. The Morgan fingerprint density at radius 1 is 1.29 bits per heavy atom. The van der Waals surface area contributed by atoms with Crippen LogP contribution < -0.4 is 10.1 Å². The van der Waals surface area contributed by atoms with Crippen LogP contribution >= 0.6 is 0 Å². The third kappa shape index (κ3) is 3.45. The van der Waals surface area contributed by atoms with Crippen molar-refractivity contribution >= 4 is 11.5 Å². The van der Waals surface area contributed by atoms with Crippen molar-refractivity contribution in [3.63, 3.8) is 0 Å². The highest BCUT2D eigenvalue weighted by Crippen LogP contribution is 2.26. The van der Waals surface area contributed by atoms with Crippen LogP contribution in [0.4, 0.5) is 24.7 Å². The summed E-state index contributed by atoms with van der Waals surface area (Å²) < 4.78 is 41.4. The molecule has 1 N–H and O–H groups in total. The Morgan fingerprint density at radius 2 is 1.90 bits per heavy atom. The van der Waals surface area contributed by atoms with Gasteiger partial charge in [0.1, 0.15) is 23.2 Å². The molecule has 0 atom stereocenters. The van der Waals surface area contributed by atoms with Crippen molar-refractivity contribution < 1.29 is 17.9 Å². The van der Waals surface area contributed by atoms with Crippen LogP contribution in [0.2, 0.25) is 0 Å². The Morgan fingerprint density at radius 3 is 2.43 bits per heavy atom. The Balaban J connectivity index is 2.20. The molecule has 0 amide bonds. The van der Waals surface area contributed by atoms with E-state index in [9.17, 15) is 13.2 Å². The van der Waals surface area contributed by atoms with E-state index in [2.05, 4.69) is 15.2 Å². The number of nitrogens with one attached hydrogen (secondary N) is 1. The van der Waals surface area contributed by atoms with Gasteiger partial charge in [-0.05, 0) is 31.2 Å². The number of nitriles is 1. The minimum absolute atomic E-state index is 0.310. The molecule has 0 radical (unpaired) electrons. The number of hydrogen-bond acceptors (Lipinski definition) is 4. The van der Waals surface area contributed by atoms with E-state index < -0.39 is 6.36 Å². The van der Waals surface area contributed by atoms with Crippen LogP contribution in [0.25, 0.3) is 0 Å². The van der Waals surface area contributed by atoms with Crippen molar-refractivity contribution in [2.24, 2.45) is 7.05 Å². The number of aromatic nitrogens is 2. The van der Waals surface area contributed by atoms with Gasteiger partial charge in [0.2, 0.25) is 0 Å². The van der Waals surface area contributed by atoms with Gasteiger partial charge in [-0.2, -0.15) is 10.4 Å². The Hall–Kier alpha value is -2.69. The first kappa shape index (κ1) is 14.7. The zero-order valence-electron chi connectivity index (χ0n) is 11.2. The summed E-state index contributed by atoms with van der Waals surface area (Å²) >= 11 is 0. The first-order valence-electron chi connectivity index (χ1n) is 5.86. The van der Waals surface area contributed by atoms with Crippen molar-refractivity contribution in [1.29, 1.82) is 5.26 Å². The molecule has 0 saturated carbocycles. The average Bonchev–Trinajstić information content (AvgIpc) is 2.64. The maximum Gasteiger partial charge on any atom is 0.573 e. The van der Waals surface area contributed by atoms with Gasteiger partial charge in [0.15, 0.2) is 0 Å². The first-order chi connectivity index (χ1) is 9.80. The van der Waals surface area contributed by atoms with Crippen LogP contribution in [-0.4, -0.2) is 16.1 Å². The molecule has 0 bridgehead atoms. The molecule has 1 aromatic heterocycles. The van der Waals surface area contributed by atoms with E-state index in [1.807, 2.05) is 6.07 Å². The van der Waals surface area contributed by atoms with Crippen molar-refractivity contribution in [1.82, 2.24) is 9.78 Å². The lowest BCUT2D eigenvalue weighted by Crippen LogP contribution is -2.17. The van der Waals surface area contributed by atoms with Gasteiger partial charge in [-0.1, -0.05) is 0 Å². The van der Waals surface area contributed by atoms with Crippen LogP contribution in [0.15, 0.2) is 24.3 Å². The maximum absolute atomic E-state index is 12.1. The number of rotatable bonds is 3. The summed E-state index contributed by atoms with van der Waals surface area (Å²) in [6, 6.07) is 7.24.